The van der Waals surface area contributed by atoms with Gasteiger partial charge in [0.25, 0.3) is 0 Å². The molecule has 1 amide bonds. The van der Waals surface area contributed by atoms with Crippen LogP contribution in [0.15, 0.2) is 28.8 Å². The van der Waals surface area contributed by atoms with Crippen molar-refractivity contribution in [3.8, 4) is 0 Å². The molecule has 0 radical (unpaired) electrons. The summed E-state index contributed by atoms with van der Waals surface area (Å²) in [5.41, 5.74) is 2.10. The van der Waals surface area contributed by atoms with Crippen LogP contribution in [0.1, 0.15) is 23.7 Å². The van der Waals surface area contributed by atoms with Crippen molar-refractivity contribution in [1.29, 1.82) is 0 Å². The van der Waals surface area contributed by atoms with E-state index in [4.69, 9.17) is 4.52 Å². The van der Waals surface area contributed by atoms with Crippen molar-refractivity contribution in [1.82, 2.24) is 15.5 Å². The highest BCUT2D eigenvalue weighted by molar-refractivity contribution is 5.96. The maximum Gasteiger partial charge on any atom is 0.241 e. The average molecular weight is 286 g/mol. The minimum Gasteiger partial charge on any atom is -0.339 e. The van der Waals surface area contributed by atoms with Gasteiger partial charge >= 0.3 is 0 Å². The third kappa shape index (κ3) is 3.28. The molecule has 0 saturated heterocycles. The summed E-state index contributed by atoms with van der Waals surface area (Å²) in [5, 5.41) is 9.98. The standard InChI is InChI=1S/C15H18N4O2/c1-10-17-14(21-19-10)8-9-16-13-7-6-11-4-2-3-5-12(11)18-15(13)20/h2-5,13,16H,6-9H2,1H3,(H,18,20). The maximum absolute atomic E-state index is 12.2. The second kappa shape index (κ2) is 6.05. The normalized spacial score (nSPS) is 18.0. The Morgan fingerprint density at radius 2 is 2.29 bits per heavy atom. The van der Waals surface area contributed by atoms with E-state index in [0.29, 0.717) is 24.7 Å². The van der Waals surface area contributed by atoms with Crippen LogP contribution in [0.5, 0.6) is 0 Å². The molecule has 0 bridgehead atoms. The summed E-state index contributed by atoms with van der Waals surface area (Å²) in [6, 6.07) is 7.73. The van der Waals surface area contributed by atoms with Crippen LogP contribution in [0.2, 0.25) is 0 Å². The predicted octanol–water partition coefficient (Wildman–Crippen LogP) is 1.46. The van der Waals surface area contributed by atoms with Gasteiger partial charge in [0.2, 0.25) is 11.8 Å². The lowest BCUT2D eigenvalue weighted by Gasteiger charge is -2.14. The van der Waals surface area contributed by atoms with Gasteiger partial charge in [-0.05, 0) is 31.4 Å². The average Bonchev–Trinajstić information content (AvgIpc) is 2.81. The summed E-state index contributed by atoms with van der Waals surface area (Å²) < 4.78 is 5.05. The predicted molar refractivity (Wildman–Crippen MR) is 77.9 cm³/mol. The number of fused-ring (bicyclic) bond motifs is 1. The lowest BCUT2D eigenvalue weighted by Crippen LogP contribution is -2.40. The highest BCUT2D eigenvalue weighted by Gasteiger charge is 2.22. The van der Waals surface area contributed by atoms with Crippen LogP contribution in [0.3, 0.4) is 0 Å². The third-order valence-electron chi connectivity index (χ3n) is 3.59. The highest BCUT2D eigenvalue weighted by Crippen LogP contribution is 2.21. The summed E-state index contributed by atoms with van der Waals surface area (Å²) in [6.07, 6.45) is 2.29. The molecular weight excluding hydrogens is 268 g/mol. The van der Waals surface area contributed by atoms with Crippen LogP contribution in [-0.4, -0.2) is 28.6 Å². The van der Waals surface area contributed by atoms with Gasteiger partial charge in [0.05, 0.1) is 6.04 Å². The van der Waals surface area contributed by atoms with Crippen LogP contribution >= 0.6 is 0 Å². The number of aryl methyl sites for hydroxylation is 2. The van der Waals surface area contributed by atoms with Gasteiger partial charge in [-0.1, -0.05) is 23.4 Å². The second-order valence-corrected chi connectivity index (χ2v) is 5.18. The molecule has 0 spiro atoms. The first-order chi connectivity index (χ1) is 10.2. The first kappa shape index (κ1) is 13.8. The summed E-state index contributed by atoms with van der Waals surface area (Å²) in [6.45, 7) is 2.42. The Kier molecular flexibility index (Phi) is 3.96. The molecule has 0 aliphatic carbocycles. The molecule has 1 aliphatic heterocycles. The van der Waals surface area contributed by atoms with Crippen molar-refractivity contribution in [3.05, 3.63) is 41.5 Å². The fourth-order valence-electron chi connectivity index (χ4n) is 2.50. The number of aromatic nitrogens is 2. The van der Waals surface area contributed by atoms with Gasteiger partial charge < -0.3 is 15.2 Å². The number of nitrogens with zero attached hydrogens (tertiary/aromatic N) is 2. The molecular formula is C15H18N4O2. The molecule has 1 aliphatic rings. The Hall–Kier alpha value is -2.21. The van der Waals surface area contributed by atoms with Crippen LogP contribution in [0.4, 0.5) is 5.69 Å². The number of hydrogen-bond donors (Lipinski definition) is 2. The lowest BCUT2D eigenvalue weighted by molar-refractivity contribution is -0.118. The second-order valence-electron chi connectivity index (χ2n) is 5.18. The molecule has 2 N–H and O–H groups in total. The summed E-state index contributed by atoms with van der Waals surface area (Å²) in [5.74, 6) is 1.24. The van der Waals surface area contributed by atoms with Crippen molar-refractivity contribution < 1.29 is 9.32 Å². The van der Waals surface area contributed by atoms with Crippen LogP contribution in [0, 0.1) is 6.92 Å². The van der Waals surface area contributed by atoms with Gasteiger partial charge in [0, 0.05) is 18.7 Å². The quantitative estimate of drug-likeness (QED) is 0.889. The topological polar surface area (TPSA) is 80.0 Å². The van der Waals surface area contributed by atoms with Crippen molar-refractivity contribution >= 4 is 11.6 Å². The maximum atomic E-state index is 12.2. The van der Waals surface area contributed by atoms with Crippen LogP contribution in [-0.2, 0) is 17.6 Å². The van der Waals surface area contributed by atoms with Crippen molar-refractivity contribution in [2.24, 2.45) is 0 Å². The molecule has 2 aromatic rings. The van der Waals surface area contributed by atoms with Crippen LogP contribution < -0.4 is 10.6 Å². The number of amides is 1. The van der Waals surface area contributed by atoms with Gasteiger partial charge in [-0.25, -0.2) is 0 Å². The number of carbonyl (C=O) groups excluding carboxylic acids is 1. The lowest BCUT2D eigenvalue weighted by atomic mass is 10.1. The van der Waals surface area contributed by atoms with Crippen LogP contribution in [0.25, 0.3) is 0 Å². The van der Waals surface area contributed by atoms with Gasteiger partial charge in [0.15, 0.2) is 5.82 Å². The molecule has 21 heavy (non-hydrogen) atoms. The molecule has 0 saturated carbocycles. The molecule has 6 heteroatoms. The first-order valence-electron chi connectivity index (χ1n) is 7.14. The Bertz CT molecular complexity index is 638. The highest BCUT2D eigenvalue weighted by atomic mass is 16.5. The van der Waals surface area contributed by atoms with Crippen molar-refractivity contribution in [3.63, 3.8) is 0 Å². The number of para-hydroxylation sites is 1. The van der Waals surface area contributed by atoms with E-state index in [1.54, 1.807) is 6.92 Å². The van der Waals surface area contributed by atoms with E-state index in [-0.39, 0.29) is 11.9 Å². The zero-order valence-electron chi connectivity index (χ0n) is 11.9. The summed E-state index contributed by atoms with van der Waals surface area (Å²) >= 11 is 0. The third-order valence-corrected chi connectivity index (χ3v) is 3.59. The van der Waals surface area contributed by atoms with Gasteiger partial charge in [-0.15, -0.1) is 0 Å². The van der Waals surface area contributed by atoms with Gasteiger partial charge in [-0.3, -0.25) is 4.79 Å². The van der Waals surface area contributed by atoms with E-state index >= 15 is 0 Å². The molecule has 2 heterocycles. The number of benzene rings is 1. The summed E-state index contributed by atoms with van der Waals surface area (Å²) in [4.78, 5) is 16.3. The van der Waals surface area contributed by atoms with Crippen molar-refractivity contribution in [2.75, 3.05) is 11.9 Å². The number of carbonyl (C=O) groups is 1. The number of anilines is 1. The smallest absolute Gasteiger partial charge is 0.241 e. The molecule has 1 aromatic heterocycles. The molecule has 1 unspecified atom stereocenters. The van der Waals surface area contributed by atoms with E-state index in [0.717, 1.165) is 18.5 Å². The summed E-state index contributed by atoms with van der Waals surface area (Å²) in [7, 11) is 0. The fraction of sp³-hybridized carbons (Fsp3) is 0.400. The largest absolute Gasteiger partial charge is 0.339 e. The Labute approximate surface area is 122 Å². The Morgan fingerprint density at radius 1 is 1.43 bits per heavy atom. The number of hydrogen-bond acceptors (Lipinski definition) is 5. The minimum atomic E-state index is -0.193. The Balaban J connectivity index is 1.56. The molecule has 0 fully saturated rings. The van der Waals surface area contributed by atoms with E-state index in [1.165, 1.54) is 5.56 Å². The van der Waals surface area contributed by atoms with E-state index < -0.39 is 0 Å². The molecule has 1 aromatic carbocycles. The van der Waals surface area contributed by atoms with E-state index in [9.17, 15) is 4.79 Å². The fourth-order valence-corrected chi connectivity index (χ4v) is 2.50. The first-order valence-corrected chi connectivity index (χ1v) is 7.14. The van der Waals surface area contributed by atoms with Gasteiger partial charge in [-0.2, -0.15) is 4.98 Å². The number of rotatable bonds is 4. The monoisotopic (exact) mass is 286 g/mol. The number of nitrogens with one attached hydrogen (secondary N) is 2. The van der Waals surface area contributed by atoms with Crippen molar-refractivity contribution in [2.45, 2.75) is 32.2 Å². The van der Waals surface area contributed by atoms with Gasteiger partial charge in [0.1, 0.15) is 0 Å². The Morgan fingerprint density at radius 3 is 3.10 bits per heavy atom. The molecule has 3 rings (SSSR count). The zero-order valence-corrected chi connectivity index (χ0v) is 11.9. The van der Waals surface area contributed by atoms with E-state index in [1.807, 2.05) is 18.2 Å². The molecule has 6 nitrogen and oxygen atoms in total. The SMILES string of the molecule is Cc1noc(CCNC2CCc3ccccc3NC2=O)n1. The zero-order chi connectivity index (χ0) is 14.7. The van der Waals surface area contributed by atoms with E-state index in [2.05, 4.69) is 26.8 Å². The molecule has 110 valence electrons. The minimum absolute atomic E-state index is 0.0154. The molecule has 1 atom stereocenters.